The van der Waals surface area contributed by atoms with Crippen molar-refractivity contribution in [2.75, 3.05) is 10.8 Å². The average Bonchev–Trinajstić information content (AvgIpc) is 2.96. The van der Waals surface area contributed by atoms with Crippen molar-refractivity contribution in [3.63, 3.8) is 0 Å². The van der Waals surface area contributed by atoms with Gasteiger partial charge in [-0.25, -0.2) is 8.42 Å². The summed E-state index contributed by atoms with van der Waals surface area (Å²) in [5.41, 5.74) is 3.99. The highest BCUT2D eigenvalue weighted by atomic mass is 32.2. The Morgan fingerprint density at radius 3 is 2.10 bits per heavy atom. The molecule has 7 nitrogen and oxygen atoms in total. The number of aryl methyl sites for hydroxylation is 3. The van der Waals surface area contributed by atoms with E-state index in [-0.39, 0.29) is 23.4 Å². The van der Waals surface area contributed by atoms with Crippen LogP contribution in [0.1, 0.15) is 61.3 Å². The zero-order valence-electron chi connectivity index (χ0n) is 24.5. The minimum absolute atomic E-state index is 0.0968. The normalized spacial score (nSPS) is 14.7. The van der Waals surface area contributed by atoms with Crippen molar-refractivity contribution in [1.29, 1.82) is 0 Å². The smallest absolute Gasteiger partial charge is 0.264 e. The van der Waals surface area contributed by atoms with Gasteiger partial charge in [0, 0.05) is 12.6 Å². The molecule has 218 valence electrons. The number of para-hydroxylation sites is 1. The SMILES string of the molecule is Cc1ccc(S(=O)(=O)N(CC(=O)N(Cc2ccccc2C)[C@@H](C)C(=O)NC2CCCCC2)c2ccccc2C)cc1. The highest BCUT2D eigenvalue weighted by Gasteiger charge is 2.33. The molecule has 0 bridgehead atoms. The van der Waals surface area contributed by atoms with Gasteiger partial charge in [-0.2, -0.15) is 0 Å². The van der Waals surface area contributed by atoms with Gasteiger partial charge in [0.2, 0.25) is 11.8 Å². The summed E-state index contributed by atoms with van der Waals surface area (Å²) >= 11 is 0. The van der Waals surface area contributed by atoms with Gasteiger partial charge in [0.15, 0.2) is 0 Å². The van der Waals surface area contributed by atoms with E-state index in [0.29, 0.717) is 5.69 Å². The number of nitrogens with one attached hydrogen (secondary N) is 1. The fourth-order valence-electron chi connectivity index (χ4n) is 5.32. The van der Waals surface area contributed by atoms with Gasteiger partial charge in [-0.15, -0.1) is 0 Å². The number of benzene rings is 3. The topological polar surface area (TPSA) is 86.8 Å². The molecule has 1 atom stereocenters. The maximum Gasteiger partial charge on any atom is 0.264 e. The average molecular weight is 576 g/mol. The number of amides is 2. The van der Waals surface area contributed by atoms with Crippen LogP contribution < -0.4 is 9.62 Å². The van der Waals surface area contributed by atoms with E-state index >= 15 is 0 Å². The molecule has 0 saturated heterocycles. The first-order valence-electron chi connectivity index (χ1n) is 14.4. The third kappa shape index (κ3) is 7.36. The van der Waals surface area contributed by atoms with E-state index in [1.807, 2.05) is 57.2 Å². The molecule has 0 spiro atoms. The van der Waals surface area contributed by atoms with Crippen molar-refractivity contribution in [2.24, 2.45) is 0 Å². The molecular formula is C33H41N3O4S. The second kappa shape index (κ2) is 13.3. The lowest BCUT2D eigenvalue weighted by atomic mass is 9.95. The quantitative estimate of drug-likeness (QED) is 0.337. The number of nitrogens with zero attached hydrogens (tertiary/aromatic N) is 2. The molecule has 0 unspecified atom stereocenters. The molecule has 1 N–H and O–H groups in total. The molecule has 1 saturated carbocycles. The van der Waals surface area contributed by atoms with Crippen LogP contribution in [0.2, 0.25) is 0 Å². The zero-order valence-corrected chi connectivity index (χ0v) is 25.3. The van der Waals surface area contributed by atoms with E-state index in [0.717, 1.165) is 47.9 Å². The molecule has 0 radical (unpaired) electrons. The van der Waals surface area contributed by atoms with Crippen molar-refractivity contribution in [2.45, 2.75) is 83.3 Å². The third-order valence-electron chi connectivity index (χ3n) is 7.99. The molecule has 4 rings (SSSR count). The Bertz CT molecular complexity index is 1460. The maximum absolute atomic E-state index is 14.2. The van der Waals surface area contributed by atoms with Crippen LogP contribution in [-0.2, 0) is 26.2 Å². The van der Waals surface area contributed by atoms with Gasteiger partial charge in [-0.1, -0.05) is 79.4 Å². The molecule has 1 fully saturated rings. The fraction of sp³-hybridized carbons (Fsp3) is 0.394. The third-order valence-corrected chi connectivity index (χ3v) is 9.77. The van der Waals surface area contributed by atoms with Crippen LogP contribution in [0.4, 0.5) is 5.69 Å². The maximum atomic E-state index is 14.2. The highest BCUT2D eigenvalue weighted by Crippen LogP contribution is 2.28. The monoisotopic (exact) mass is 575 g/mol. The Balaban J connectivity index is 1.69. The molecule has 0 heterocycles. The Morgan fingerprint density at radius 2 is 1.46 bits per heavy atom. The molecule has 2 amide bonds. The Kier molecular flexibility index (Phi) is 9.86. The number of sulfonamides is 1. The van der Waals surface area contributed by atoms with Gasteiger partial charge < -0.3 is 10.2 Å². The second-order valence-corrected chi connectivity index (χ2v) is 12.9. The van der Waals surface area contributed by atoms with E-state index in [4.69, 9.17) is 0 Å². The Labute approximate surface area is 244 Å². The van der Waals surface area contributed by atoms with Crippen LogP contribution in [0.3, 0.4) is 0 Å². The molecule has 1 aliphatic rings. The number of hydrogen-bond acceptors (Lipinski definition) is 4. The largest absolute Gasteiger partial charge is 0.352 e. The first-order valence-corrected chi connectivity index (χ1v) is 15.8. The summed E-state index contributed by atoms with van der Waals surface area (Å²) in [4.78, 5) is 29.2. The molecule has 3 aromatic rings. The lowest BCUT2D eigenvalue weighted by Gasteiger charge is -2.34. The van der Waals surface area contributed by atoms with Gasteiger partial charge in [0.25, 0.3) is 10.0 Å². The minimum atomic E-state index is -4.09. The van der Waals surface area contributed by atoms with E-state index in [1.54, 1.807) is 43.3 Å². The van der Waals surface area contributed by atoms with Gasteiger partial charge in [0.1, 0.15) is 12.6 Å². The first kappa shape index (κ1) is 30.3. The predicted octanol–water partition coefficient (Wildman–Crippen LogP) is 5.67. The molecule has 1 aliphatic carbocycles. The van der Waals surface area contributed by atoms with Gasteiger partial charge in [-0.05, 0) is 75.4 Å². The highest BCUT2D eigenvalue weighted by molar-refractivity contribution is 7.92. The van der Waals surface area contributed by atoms with Gasteiger partial charge in [0.05, 0.1) is 10.6 Å². The summed E-state index contributed by atoms with van der Waals surface area (Å²) in [6.45, 7) is 7.16. The molecule has 3 aromatic carbocycles. The van der Waals surface area contributed by atoms with Gasteiger partial charge in [-0.3, -0.25) is 13.9 Å². The van der Waals surface area contributed by atoms with E-state index in [2.05, 4.69) is 5.32 Å². The molecular weight excluding hydrogens is 534 g/mol. The minimum Gasteiger partial charge on any atom is -0.352 e. The Hall–Kier alpha value is -3.65. The van der Waals surface area contributed by atoms with Crippen molar-refractivity contribution < 1.29 is 18.0 Å². The lowest BCUT2D eigenvalue weighted by Crippen LogP contribution is -2.53. The second-order valence-electron chi connectivity index (χ2n) is 11.1. The fourth-order valence-corrected chi connectivity index (χ4v) is 6.80. The van der Waals surface area contributed by atoms with Gasteiger partial charge >= 0.3 is 0 Å². The number of anilines is 1. The number of carbonyl (C=O) groups is 2. The standard InChI is InChI=1S/C33H41N3O4S/c1-24-18-20-30(21-19-24)41(39,40)36(31-17-11-9-13-26(31)3)23-32(37)35(22-28-14-10-8-12-25(28)2)27(4)33(38)34-29-15-6-5-7-16-29/h8-14,17-21,27,29H,5-7,15-16,22-23H2,1-4H3,(H,34,38)/t27-/m0/s1. The first-order chi connectivity index (χ1) is 19.6. The summed E-state index contributed by atoms with van der Waals surface area (Å²) < 4.78 is 29.2. The van der Waals surface area contributed by atoms with Crippen molar-refractivity contribution in [1.82, 2.24) is 10.2 Å². The van der Waals surface area contributed by atoms with Crippen LogP contribution in [0.15, 0.2) is 77.7 Å². The van der Waals surface area contributed by atoms with Crippen LogP contribution in [0, 0.1) is 20.8 Å². The van der Waals surface area contributed by atoms with E-state index in [9.17, 15) is 18.0 Å². The Morgan fingerprint density at radius 1 is 0.854 bits per heavy atom. The van der Waals surface area contributed by atoms with Crippen LogP contribution >= 0.6 is 0 Å². The summed E-state index contributed by atoms with van der Waals surface area (Å²) in [6.07, 6.45) is 5.19. The van der Waals surface area contributed by atoms with Crippen molar-refractivity contribution in [3.8, 4) is 0 Å². The number of rotatable bonds is 10. The molecule has 41 heavy (non-hydrogen) atoms. The summed E-state index contributed by atoms with van der Waals surface area (Å²) in [5, 5.41) is 3.15. The number of hydrogen-bond donors (Lipinski definition) is 1. The van der Waals surface area contributed by atoms with Crippen LogP contribution in [0.5, 0.6) is 0 Å². The summed E-state index contributed by atoms with van der Waals surface area (Å²) in [7, 11) is -4.09. The summed E-state index contributed by atoms with van der Waals surface area (Å²) in [6, 6.07) is 20.8. The summed E-state index contributed by atoms with van der Waals surface area (Å²) in [5.74, 6) is -0.666. The predicted molar refractivity (Wildman–Crippen MR) is 163 cm³/mol. The molecule has 0 aliphatic heterocycles. The van der Waals surface area contributed by atoms with E-state index < -0.39 is 28.5 Å². The molecule has 0 aromatic heterocycles. The molecule has 8 heteroatoms. The number of carbonyl (C=O) groups excluding carboxylic acids is 2. The van der Waals surface area contributed by atoms with E-state index in [1.165, 1.54) is 15.6 Å². The zero-order chi connectivity index (χ0) is 29.6. The van der Waals surface area contributed by atoms with Crippen molar-refractivity contribution in [3.05, 3.63) is 95.1 Å². The van der Waals surface area contributed by atoms with Crippen LogP contribution in [0.25, 0.3) is 0 Å². The van der Waals surface area contributed by atoms with Crippen LogP contribution in [-0.4, -0.2) is 43.8 Å². The van der Waals surface area contributed by atoms with Crippen molar-refractivity contribution >= 4 is 27.5 Å². The lowest BCUT2D eigenvalue weighted by molar-refractivity contribution is -0.139.